The summed E-state index contributed by atoms with van der Waals surface area (Å²) in [7, 11) is 0. The summed E-state index contributed by atoms with van der Waals surface area (Å²) >= 11 is 3.36. The molecule has 0 aromatic heterocycles. The van der Waals surface area contributed by atoms with Crippen molar-refractivity contribution in [2.24, 2.45) is 5.92 Å². The molecule has 0 saturated heterocycles. The van der Waals surface area contributed by atoms with Gasteiger partial charge in [0.2, 0.25) is 0 Å². The van der Waals surface area contributed by atoms with Crippen molar-refractivity contribution in [2.75, 3.05) is 11.9 Å². The minimum Gasteiger partial charge on any atom is -0.455 e. The highest BCUT2D eigenvalue weighted by Gasteiger charge is 2.27. The summed E-state index contributed by atoms with van der Waals surface area (Å²) in [6, 6.07) is 5.57. The predicted octanol–water partition coefficient (Wildman–Crippen LogP) is 3.04. The third kappa shape index (κ3) is 3.80. The van der Waals surface area contributed by atoms with Crippen LogP contribution in [0.1, 0.15) is 24.8 Å². The van der Waals surface area contributed by atoms with Crippen molar-refractivity contribution in [3.63, 3.8) is 0 Å². The average molecular weight is 326 g/mol. The molecule has 0 bridgehead atoms. The highest BCUT2D eigenvalue weighted by Crippen LogP contribution is 2.27. The van der Waals surface area contributed by atoms with Gasteiger partial charge < -0.3 is 10.1 Å². The molecule has 1 aliphatic carbocycles. The molecule has 19 heavy (non-hydrogen) atoms. The van der Waals surface area contributed by atoms with Crippen molar-refractivity contribution in [3.05, 3.63) is 28.2 Å². The summed E-state index contributed by atoms with van der Waals surface area (Å²) in [5.41, 5.74) is 1.68. The summed E-state index contributed by atoms with van der Waals surface area (Å²) < 4.78 is 5.94. The van der Waals surface area contributed by atoms with Crippen LogP contribution in [0, 0.1) is 12.8 Å². The first-order valence-electron chi connectivity index (χ1n) is 6.29. The number of carbonyl (C=O) groups is 2. The maximum Gasteiger partial charge on any atom is 0.309 e. The van der Waals surface area contributed by atoms with Crippen LogP contribution in [0.3, 0.4) is 0 Å². The molecule has 102 valence electrons. The van der Waals surface area contributed by atoms with E-state index in [9.17, 15) is 9.59 Å². The zero-order valence-electron chi connectivity index (χ0n) is 10.7. The van der Waals surface area contributed by atoms with Crippen molar-refractivity contribution >= 4 is 33.5 Å². The van der Waals surface area contributed by atoms with Gasteiger partial charge in [0.1, 0.15) is 0 Å². The van der Waals surface area contributed by atoms with E-state index in [-0.39, 0.29) is 24.4 Å². The Hall–Kier alpha value is -1.36. The van der Waals surface area contributed by atoms with Gasteiger partial charge in [-0.15, -0.1) is 0 Å². The van der Waals surface area contributed by atoms with Gasteiger partial charge in [0, 0.05) is 10.2 Å². The maximum absolute atomic E-state index is 11.7. The smallest absolute Gasteiger partial charge is 0.309 e. The molecule has 1 N–H and O–H groups in total. The second-order valence-corrected chi connectivity index (χ2v) is 5.66. The van der Waals surface area contributed by atoms with Gasteiger partial charge >= 0.3 is 5.97 Å². The van der Waals surface area contributed by atoms with Gasteiger partial charge in [-0.25, -0.2) is 0 Å². The Morgan fingerprint density at radius 1 is 1.42 bits per heavy atom. The number of hydrogen-bond donors (Lipinski definition) is 1. The highest BCUT2D eigenvalue weighted by atomic mass is 79.9. The van der Waals surface area contributed by atoms with E-state index >= 15 is 0 Å². The van der Waals surface area contributed by atoms with Crippen molar-refractivity contribution in [3.8, 4) is 0 Å². The molecule has 0 heterocycles. The lowest BCUT2D eigenvalue weighted by molar-refractivity contribution is -0.154. The topological polar surface area (TPSA) is 55.4 Å². The number of amides is 1. The number of benzene rings is 1. The molecule has 0 aliphatic heterocycles. The van der Waals surface area contributed by atoms with Crippen LogP contribution in [-0.2, 0) is 14.3 Å². The molecule has 1 aromatic rings. The molecule has 5 heteroatoms. The van der Waals surface area contributed by atoms with Gasteiger partial charge in [0.15, 0.2) is 6.61 Å². The van der Waals surface area contributed by atoms with E-state index in [1.807, 2.05) is 25.1 Å². The molecule has 4 nitrogen and oxygen atoms in total. The van der Waals surface area contributed by atoms with E-state index in [1.54, 1.807) is 0 Å². The van der Waals surface area contributed by atoms with Crippen LogP contribution >= 0.6 is 15.9 Å². The molecule has 1 aliphatic rings. The average Bonchev–Trinajstić information content (AvgIpc) is 2.28. The Balaban J connectivity index is 1.81. The minimum atomic E-state index is -0.307. The normalized spacial score (nSPS) is 14.6. The Morgan fingerprint density at radius 3 is 2.74 bits per heavy atom. The van der Waals surface area contributed by atoms with Crippen molar-refractivity contribution in [1.29, 1.82) is 0 Å². The molecule has 1 amide bonds. The van der Waals surface area contributed by atoms with Gasteiger partial charge in [-0.05, 0) is 43.5 Å². The lowest BCUT2D eigenvalue weighted by Gasteiger charge is -2.22. The zero-order chi connectivity index (χ0) is 13.8. The summed E-state index contributed by atoms with van der Waals surface area (Å²) in [6.07, 6.45) is 2.84. The van der Waals surface area contributed by atoms with Crippen LogP contribution < -0.4 is 5.32 Å². The molecule has 0 unspecified atom stereocenters. The minimum absolute atomic E-state index is 0.00205. The first-order chi connectivity index (χ1) is 9.06. The molecule has 1 fully saturated rings. The van der Waals surface area contributed by atoms with E-state index in [1.165, 1.54) is 0 Å². The van der Waals surface area contributed by atoms with Crippen LogP contribution in [0.5, 0.6) is 0 Å². The lowest BCUT2D eigenvalue weighted by atomic mass is 9.86. The van der Waals surface area contributed by atoms with Gasteiger partial charge in [0.05, 0.1) is 5.92 Å². The zero-order valence-corrected chi connectivity index (χ0v) is 12.3. The molecule has 1 saturated carbocycles. The molecule has 0 spiro atoms. The van der Waals surface area contributed by atoms with E-state index in [0.29, 0.717) is 0 Å². The van der Waals surface area contributed by atoms with Gasteiger partial charge in [0.25, 0.3) is 5.91 Å². The summed E-state index contributed by atoms with van der Waals surface area (Å²) in [5, 5.41) is 2.73. The molecule has 0 atom stereocenters. The summed E-state index contributed by atoms with van der Waals surface area (Å²) in [4.78, 5) is 23.2. The summed E-state index contributed by atoms with van der Waals surface area (Å²) in [6.45, 7) is 1.69. The fraction of sp³-hybridized carbons (Fsp3) is 0.429. The van der Waals surface area contributed by atoms with Gasteiger partial charge in [-0.2, -0.15) is 0 Å². The number of nitrogens with one attached hydrogen (secondary N) is 1. The predicted molar refractivity (Wildman–Crippen MR) is 75.8 cm³/mol. The lowest BCUT2D eigenvalue weighted by Crippen LogP contribution is -2.28. The SMILES string of the molecule is Cc1cc(Br)ccc1NC(=O)COC(=O)C1CCC1. The quantitative estimate of drug-likeness (QED) is 0.865. The van der Waals surface area contributed by atoms with Crippen LogP contribution in [0.25, 0.3) is 0 Å². The van der Waals surface area contributed by atoms with Gasteiger partial charge in [-0.3, -0.25) is 9.59 Å². The van der Waals surface area contributed by atoms with E-state index < -0.39 is 0 Å². The number of carbonyl (C=O) groups excluding carboxylic acids is 2. The molecular weight excluding hydrogens is 310 g/mol. The van der Waals surface area contributed by atoms with Gasteiger partial charge in [-0.1, -0.05) is 22.4 Å². The number of rotatable bonds is 4. The third-order valence-electron chi connectivity index (χ3n) is 3.25. The van der Waals surface area contributed by atoms with E-state index in [0.717, 1.165) is 35.0 Å². The highest BCUT2D eigenvalue weighted by molar-refractivity contribution is 9.10. The third-order valence-corrected chi connectivity index (χ3v) is 3.74. The monoisotopic (exact) mass is 325 g/mol. The summed E-state index contributed by atoms with van der Waals surface area (Å²) in [5.74, 6) is -0.561. The Bertz CT molecular complexity index is 497. The van der Waals surface area contributed by atoms with Crippen molar-refractivity contribution < 1.29 is 14.3 Å². The second-order valence-electron chi connectivity index (χ2n) is 4.74. The molecule has 2 rings (SSSR count). The Kier molecular flexibility index (Phi) is 4.58. The molecule has 0 radical (unpaired) electrons. The fourth-order valence-corrected chi connectivity index (χ4v) is 2.33. The van der Waals surface area contributed by atoms with Crippen molar-refractivity contribution in [2.45, 2.75) is 26.2 Å². The first kappa shape index (κ1) is 14.1. The van der Waals surface area contributed by atoms with Crippen LogP contribution in [0.4, 0.5) is 5.69 Å². The largest absolute Gasteiger partial charge is 0.455 e. The number of halogens is 1. The van der Waals surface area contributed by atoms with E-state index in [2.05, 4.69) is 21.2 Å². The second kappa shape index (κ2) is 6.19. The molecule has 1 aromatic carbocycles. The maximum atomic E-state index is 11.7. The van der Waals surface area contributed by atoms with Crippen LogP contribution in [0.15, 0.2) is 22.7 Å². The Labute approximate surface area is 120 Å². The Morgan fingerprint density at radius 2 is 2.16 bits per heavy atom. The van der Waals surface area contributed by atoms with E-state index in [4.69, 9.17) is 4.74 Å². The van der Waals surface area contributed by atoms with Crippen LogP contribution in [0.2, 0.25) is 0 Å². The standard InChI is InChI=1S/C14H16BrNO3/c1-9-7-11(15)5-6-12(9)16-13(17)8-19-14(18)10-3-2-4-10/h5-7,10H,2-4,8H2,1H3,(H,16,17). The number of esters is 1. The van der Waals surface area contributed by atoms with Crippen molar-refractivity contribution in [1.82, 2.24) is 0 Å². The number of hydrogen-bond acceptors (Lipinski definition) is 3. The number of ether oxygens (including phenoxy) is 1. The fourth-order valence-electron chi connectivity index (χ4n) is 1.85. The number of anilines is 1. The molecular formula is C14H16BrNO3. The first-order valence-corrected chi connectivity index (χ1v) is 7.08. The van der Waals surface area contributed by atoms with Crippen LogP contribution in [-0.4, -0.2) is 18.5 Å². The number of aryl methyl sites for hydroxylation is 1.